The molecule has 3 N–H and O–H groups in total. The van der Waals surface area contributed by atoms with Crippen molar-refractivity contribution in [3.63, 3.8) is 0 Å². The highest BCUT2D eigenvalue weighted by Gasteiger charge is 2.46. The largest absolute Gasteiger partial charge is 0.691 e. The summed E-state index contributed by atoms with van der Waals surface area (Å²) in [5.41, 5.74) is 2.87. The molecule has 492 valence electrons. The number of fused-ring (bicyclic) bond motifs is 2. The first-order valence-corrected chi connectivity index (χ1v) is 34.5. The van der Waals surface area contributed by atoms with Gasteiger partial charge in [-0.25, -0.2) is 0 Å². The summed E-state index contributed by atoms with van der Waals surface area (Å²) in [7, 11) is -9.25. The zero-order chi connectivity index (χ0) is 64.4. The van der Waals surface area contributed by atoms with Crippen molar-refractivity contribution in [1.29, 1.82) is 0 Å². The van der Waals surface area contributed by atoms with Crippen molar-refractivity contribution in [2.45, 2.75) is 141 Å². The lowest BCUT2D eigenvalue weighted by molar-refractivity contribution is -0.777. The quantitative estimate of drug-likeness (QED) is 0.00642. The number of rotatable bonds is 43. The van der Waals surface area contributed by atoms with Crippen LogP contribution >= 0.6 is 27.2 Å². The van der Waals surface area contributed by atoms with Crippen LogP contribution in [-0.2, 0) is 76.6 Å². The van der Waals surface area contributed by atoms with Gasteiger partial charge < -0.3 is 48.4 Å². The van der Waals surface area contributed by atoms with E-state index in [1.54, 1.807) is 56.7 Å². The highest BCUT2D eigenvalue weighted by atomic mass is 32.2. The van der Waals surface area contributed by atoms with Crippen molar-refractivity contribution >= 4 is 76.9 Å². The van der Waals surface area contributed by atoms with Crippen molar-refractivity contribution in [2.75, 3.05) is 96.4 Å². The molecule has 2 aromatic rings. The van der Waals surface area contributed by atoms with Crippen LogP contribution in [0.25, 0.3) is 0 Å². The normalized spacial score (nSPS) is 16.9. The summed E-state index contributed by atoms with van der Waals surface area (Å²) >= 11 is 0.841. The molecule has 0 aromatic heterocycles. The smallest absolute Gasteiger partial charge is 0.471 e. The molecule has 0 spiro atoms. The van der Waals surface area contributed by atoms with Crippen molar-refractivity contribution in [3.05, 3.63) is 83.6 Å². The van der Waals surface area contributed by atoms with Gasteiger partial charge in [-0.05, 0) is 114 Å². The summed E-state index contributed by atoms with van der Waals surface area (Å²) in [4.78, 5) is 24.6. The zero-order valence-corrected chi connectivity index (χ0v) is 53.6. The summed E-state index contributed by atoms with van der Waals surface area (Å²) in [5, 5.41) is 18.2. The Bertz CT molecular complexity index is 2870. The minimum absolute atomic E-state index is 0.0356. The Kier molecular flexibility index (Phi) is 31.4. The molecule has 0 bridgehead atoms. The molecule has 0 aliphatic carbocycles. The van der Waals surface area contributed by atoms with Crippen LogP contribution in [-0.4, -0.2) is 139 Å². The van der Waals surface area contributed by atoms with E-state index in [4.69, 9.17) is 27.6 Å². The van der Waals surface area contributed by atoms with Crippen LogP contribution in [0.5, 0.6) is 0 Å². The van der Waals surface area contributed by atoms with E-state index in [9.17, 15) is 63.3 Å². The molecule has 4 rings (SSSR count). The first-order valence-electron chi connectivity index (χ1n) is 28.8. The van der Waals surface area contributed by atoms with Gasteiger partial charge >= 0.3 is 39.4 Å². The van der Waals surface area contributed by atoms with Gasteiger partial charge in [-0.3, -0.25) is 28.3 Å². The highest BCUT2D eigenvalue weighted by molar-refractivity contribution is 7.94. The van der Waals surface area contributed by atoms with Gasteiger partial charge in [-0.2, -0.15) is 43.7 Å². The topological polar surface area (TPSA) is 250 Å². The van der Waals surface area contributed by atoms with Gasteiger partial charge in [0.2, 0.25) is 5.69 Å². The van der Waals surface area contributed by atoms with E-state index >= 15 is 0 Å². The number of amides is 2. The van der Waals surface area contributed by atoms with E-state index in [1.807, 2.05) is 67.5 Å². The minimum Gasteiger partial charge on any atom is -0.691 e. The molecule has 2 atom stereocenters. The first-order chi connectivity index (χ1) is 41.1. The summed E-state index contributed by atoms with van der Waals surface area (Å²) < 4.78 is 181. The lowest BCUT2D eigenvalue weighted by Gasteiger charge is -2.27. The lowest BCUT2D eigenvalue weighted by Crippen LogP contribution is -2.37. The van der Waals surface area contributed by atoms with E-state index in [1.165, 1.54) is 0 Å². The molecule has 0 fully saturated rings. The second-order valence-corrected chi connectivity index (χ2v) is 28.1. The molecule has 2 amide bonds. The van der Waals surface area contributed by atoms with E-state index in [0.717, 1.165) is 67.5 Å². The third-order valence-corrected chi connectivity index (χ3v) is 19.7. The molecular formula is C57H84F6N4O16P2S2. The van der Waals surface area contributed by atoms with Crippen molar-refractivity contribution in [1.82, 2.24) is 10.6 Å². The van der Waals surface area contributed by atoms with Crippen LogP contribution in [0, 0.1) is 0 Å². The summed E-state index contributed by atoms with van der Waals surface area (Å²) in [5.74, 6) is -4.27. The molecule has 87 heavy (non-hydrogen) atoms. The molecule has 2 aliphatic heterocycles. The molecule has 2 unspecified atom stereocenters. The number of alkyl halides is 6. The average molecular weight is 1320 g/mol. The predicted molar refractivity (Wildman–Crippen MR) is 318 cm³/mol. The first kappa shape index (κ1) is 75.5. The number of ether oxygens (including phenoxy) is 2. The van der Waals surface area contributed by atoms with Crippen LogP contribution in [0.2, 0.25) is 0 Å². The second kappa shape index (κ2) is 36.2. The molecule has 30 heteroatoms. The number of carbonyl (C=O) groups excluding carboxylic acids is 2. The number of benzene rings is 2. The molecule has 0 radical (unpaired) electrons. The van der Waals surface area contributed by atoms with Crippen molar-refractivity contribution in [3.8, 4) is 0 Å². The highest BCUT2D eigenvalue weighted by Crippen LogP contribution is 2.53. The van der Waals surface area contributed by atoms with Crippen LogP contribution < -0.4 is 31.4 Å². The number of hydrogen-bond donors (Lipinski definition) is 3. The average Bonchev–Trinajstić information content (AvgIpc) is 1.63. The molecule has 2 heterocycles. The summed E-state index contributed by atoms with van der Waals surface area (Å²) in [6, 6.07) is 10.3. The standard InChI is InChI=1S/C57H84F6N4O16P2S2/c1-54(2)46-42-44(84(71,78-36-18-9-7-16-34-76-5)80-38-20-14-30-64-52(68)56(58,59)60)26-28-48(46)66(32-22-40-86-83-82-70)50(54)24-12-11-13-25-51-55(3,4)47-43-45(27-29-49(47)67(51)33-23-41-87(73,74)75)85(72,79-37-19-10-8-17-35-77-6)81-39-21-15-31-65-53(69)57(61,62)63/h11-13,24-29,42-43H,7-10,14-23,30-41H2,1-6H3,(H3-,64,65,68,69,70,73,74,75). The summed E-state index contributed by atoms with van der Waals surface area (Å²) in [6.07, 6.45) is 6.20. The molecule has 20 nitrogen and oxygen atoms in total. The van der Waals surface area contributed by atoms with E-state index in [-0.39, 0.29) is 88.8 Å². The number of allylic oxidation sites excluding steroid dienone is 6. The van der Waals surface area contributed by atoms with Crippen LogP contribution in [0.3, 0.4) is 0 Å². The third-order valence-electron chi connectivity index (χ3n) is 14.3. The van der Waals surface area contributed by atoms with Gasteiger partial charge in [0.25, 0.3) is 10.1 Å². The summed E-state index contributed by atoms with van der Waals surface area (Å²) in [6.45, 7) is 8.92. The molecule has 2 aliphatic rings. The van der Waals surface area contributed by atoms with Gasteiger partial charge in [0.15, 0.2) is 5.71 Å². The Labute approximate surface area is 511 Å². The van der Waals surface area contributed by atoms with E-state index in [0.29, 0.717) is 61.7 Å². The molecule has 0 saturated heterocycles. The Morgan fingerprint density at radius 2 is 1.15 bits per heavy atom. The number of methoxy groups -OCH3 is 2. The number of anilines is 1. The number of nitrogens with one attached hydrogen (secondary N) is 2. The molecule has 0 saturated carbocycles. The minimum atomic E-state index is -5.03. The van der Waals surface area contributed by atoms with Gasteiger partial charge in [0, 0.05) is 106 Å². The Morgan fingerprint density at radius 1 is 0.667 bits per heavy atom. The van der Waals surface area contributed by atoms with Gasteiger partial charge in [0.1, 0.15) is 6.54 Å². The maximum Gasteiger partial charge on any atom is 0.471 e. The van der Waals surface area contributed by atoms with Crippen molar-refractivity contribution < 1.29 is 105 Å². The van der Waals surface area contributed by atoms with E-state index < -0.39 is 66.1 Å². The van der Waals surface area contributed by atoms with Crippen LogP contribution in [0.1, 0.15) is 129 Å². The van der Waals surface area contributed by atoms with Crippen molar-refractivity contribution in [2.24, 2.45) is 0 Å². The number of unbranched alkanes of at least 4 members (excludes halogenated alkanes) is 8. The Balaban J connectivity index is 1.68. The predicted octanol–water partition coefficient (Wildman–Crippen LogP) is 10.4. The molecular weight excluding hydrogens is 1240 g/mol. The van der Waals surface area contributed by atoms with Gasteiger partial charge in [-0.1, -0.05) is 57.8 Å². The molecule has 2 aromatic carbocycles. The fourth-order valence-electron chi connectivity index (χ4n) is 9.82. The third kappa shape index (κ3) is 24.0. The fourth-order valence-corrected chi connectivity index (χ4v) is 14.0. The number of nitrogens with zero attached hydrogens (tertiary/aromatic N) is 2. The van der Waals surface area contributed by atoms with Crippen LogP contribution in [0.4, 0.5) is 37.7 Å². The number of hydrogen-bond acceptors (Lipinski definition) is 17. The second-order valence-electron chi connectivity index (χ2n) is 21.7. The monoisotopic (exact) mass is 1320 g/mol. The Hall–Kier alpha value is -3.99. The van der Waals surface area contributed by atoms with Gasteiger partial charge in [-0.15, -0.1) is 0 Å². The fraction of sp³-hybridized carbons (Fsp3) is 0.632. The van der Waals surface area contributed by atoms with Crippen LogP contribution in [0.15, 0.2) is 72.5 Å². The lowest BCUT2D eigenvalue weighted by atomic mass is 9.81. The van der Waals surface area contributed by atoms with E-state index in [2.05, 4.69) is 13.9 Å². The number of carbonyl (C=O) groups is 2. The SMILES string of the molecule is COCCCCCCOP(=O)(OCCCCNC(=O)C(F)(F)F)c1ccc2c(c1)C(C)(C)C(/C=C/C=C/C=C1\N(CCCS(=O)(=O)O)c3ccc(P(=O)(OCCCCCCOC)OCCCCNC(=O)C(F)(F)F)cc3C1(C)C)=[N+]2CCCSOO[O-]. The number of halogens is 6. The Morgan fingerprint density at radius 3 is 1.63 bits per heavy atom. The maximum atomic E-state index is 14.8. The zero-order valence-electron chi connectivity index (χ0n) is 50.2. The maximum absolute atomic E-state index is 14.8. The van der Waals surface area contributed by atoms with Gasteiger partial charge in [0.05, 0.1) is 48.2 Å².